The number of nitrogens with one attached hydrogen (secondary N) is 1. The number of hydrogen-bond acceptors (Lipinski definition) is 4. The summed E-state index contributed by atoms with van der Waals surface area (Å²) in [5.41, 5.74) is 0.602. The Bertz CT molecular complexity index is 1210. The van der Waals surface area contributed by atoms with Gasteiger partial charge in [-0.2, -0.15) is 0 Å². The maximum absolute atomic E-state index is 13.4. The first-order valence-electron chi connectivity index (χ1n) is 9.74. The van der Waals surface area contributed by atoms with E-state index < -0.39 is 10.0 Å². The van der Waals surface area contributed by atoms with Crippen molar-refractivity contribution in [3.63, 3.8) is 0 Å². The van der Waals surface area contributed by atoms with Gasteiger partial charge in [0, 0.05) is 23.5 Å². The molecule has 0 aliphatic rings. The van der Waals surface area contributed by atoms with Crippen molar-refractivity contribution in [3.8, 4) is 5.75 Å². The average Bonchev–Trinajstić information content (AvgIpc) is 3.21. The first-order valence-corrected chi connectivity index (χ1v) is 11.2. The molecular formula is C23H26N2O3S. The third-order valence-electron chi connectivity index (χ3n) is 4.55. The Kier molecular flexibility index (Phi) is 6.56. The van der Waals surface area contributed by atoms with Gasteiger partial charge < -0.3 is 10.1 Å². The van der Waals surface area contributed by atoms with Gasteiger partial charge in [0.05, 0.1) is 10.4 Å². The fourth-order valence-corrected chi connectivity index (χ4v) is 4.81. The van der Waals surface area contributed by atoms with Gasteiger partial charge in [0.25, 0.3) is 10.0 Å². The van der Waals surface area contributed by atoms with Crippen molar-refractivity contribution in [2.24, 2.45) is 0 Å². The van der Waals surface area contributed by atoms with Crippen molar-refractivity contribution in [1.82, 2.24) is 9.29 Å². The van der Waals surface area contributed by atoms with Crippen LogP contribution in [0.1, 0.15) is 13.8 Å². The van der Waals surface area contributed by atoms with Crippen molar-refractivity contribution < 1.29 is 13.2 Å². The molecule has 4 aromatic rings. The van der Waals surface area contributed by atoms with Crippen LogP contribution in [0.2, 0.25) is 0 Å². The average molecular weight is 411 g/mol. The summed E-state index contributed by atoms with van der Waals surface area (Å²) >= 11 is 0. The number of aromatic nitrogens is 1. The van der Waals surface area contributed by atoms with Crippen LogP contribution in [-0.2, 0) is 10.0 Å². The van der Waals surface area contributed by atoms with Gasteiger partial charge in [0.2, 0.25) is 0 Å². The molecule has 1 N–H and O–H groups in total. The molecule has 4 rings (SSSR count). The summed E-state index contributed by atoms with van der Waals surface area (Å²) in [5.74, 6) is 0.676. The van der Waals surface area contributed by atoms with Crippen molar-refractivity contribution >= 4 is 31.7 Å². The number of hydrogen-bond donors (Lipinski definition) is 1. The lowest BCUT2D eigenvalue weighted by Crippen LogP contribution is -2.16. The monoisotopic (exact) mass is 410 g/mol. The number of rotatable bonds is 6. The fourth-order valence-electron chi connectivity index (χ4n) is 3.24. The highest BCUT2D eigenvalue weighted by Gasteiger charge is 2.22. The number of ether oxygens (including phenoxy) is 1. The third kappa shape index (κ3) is 3.99. The molecule has 6 heteroatoms. The topological polar surface area (TPSA) is 60.3 Å². The van der Waals surface area contributed by atoms with Gasteiger partial charge >= 0.3 is 0 Å². The van der Waals surface area contributed by atoms with Gasteiger partial charge in [-0.15, -0.1) is 0 Å². The standard InChI is InChI=1S/C21H20N2O3S.C2H6/c1-22-13-15-26-20-10-5-9-19-18(20)12-14-23(19)27(24,25)21-11-4-7-16-6-2-3-8-17(16)21;1-2/h2-12,14,22H,13,15H2,1H3;1-2H3. The third-order valence-corrected chi connectivity index (χ3v) is 6.30. The minimum absolute atomic E-state index is 0.291. The van der Waals surface area contributed by atoms with Crippen LogP contribution in [0, 0.1) is 0 Å². The number of fused-ring (bicyclic) bond motifs is 2. The fraction of sp³-hybridized carbons (Fsp3) is 0.217. The highest BCUT2D eigenvalue weighted by Crippen LogP contribution is 2.31. The second-order valence-electron chi connectivity index (χ2n) is 6.23. The molecule has 0 radical (unpaired) electrons. The van der Waals surface area contributed by atoms with E-state index in [1.807, 2.05) is 63.4 Å². The molecular weight excluding hydrogens is 384 g/mol. The van der Waals surface area contributed by atoms with E-state index in [2.05, 4.69) is 5.32 Å². The summed E-state index contributed by atoms with van der Waals surface area (Å²) in [7, 11) is -1.88. The summed E-state index contributed by atoms with van der Waals surface area (Å²) < 4.78 is 33.9. The Morgan fingerprint density at radius 2 is 1.62 bits per heavy atom. The summed E-state index contributed by atoms with van der Waals surface area (Å²) in [5, 5.41) is 5.41. The molecule has 1 heterocycles. The van der Waals surface area contributed by atoms with Crippen LogP contribution < -0.4 is 10.1 Å². The highest BCUT2D eigenvalue weighted by atomic mass is 32.2. The Morgan fingerprint density at radius 3 is 2.41 bits per heavy atom. The van der Waals surface area contributed by atoms with Crippen LogP contribution in [0.5, 0.6) is 5.75 Å². The Labute approximate surface area is 172 Å². The molecule has 0 saturated carbocycles. The minimum atomic E-state index is -3.74. The van der Waals surface area contributed by atoms with E-state index >= 15 is 0 Å². The smallest absolute Gasteiger partial charge is 0.268 e. The predicted octanol–water partition coefficient (Wildman–Crippen LogP) is 4.66. The quantitative estimate of drug-likeness (QED) is 0.470. The zero-order valence-electron chi connectivity index (χ0n) is 16.9. The van der Waals surface area contributed by atoms with E-state index in [1.54, 1.807) is 30.5 Å². The predicted molar refractivity (Wildman–Crippen MR) is 119 cm³/mol. The lowest BCUT2D eigenvalue weighted by atomic mass is 10.1. The number of benzene rings is 3. The van der Waals surface area contributed by atoms with E-state index in [-0.39, 0.29) is 0 Å². The molecule has 152 valence electrons. The SMILES string of the molecule is CC.CNCCOc1cccc2c1ccn2S(=O)(=O)c1cccc2ccccc12. The summed E-state index contributed by atoms with van der Waals surface area (Å²) in [6.07, 6.45) is 1.59. The molecule has 3 aromatic carbocycles. The summed E-state index contributed by atoms with van der Waals surface area (Å²) in [6, 6.07) is 20.1. The second kappa shape index (κ2) is 9.11. The van der Waals surface area contributed by atoms with E-state index in [0.717, 1.165) is 10.8 Å². The van der Waals surface area contributed by atoms with E-state index in [4.69, 9.17) is 4.74 Å². The Hall–Kier alpha value is -2.83. The number of likely N-dealkylation sites (N-methyl/N-ethyl adjacent to an activating group) is 1. The Morgan fingerprint density at radius 1 is 0.897 bits per heavy atom. The first kappa shape index (κ1) is 20.9. The van der Waals surface area contributed by atoms with Crippen LogP contribution in [0.3, 0.4) is 0 Å². The molecule has 0 amide bonds. The molecule has 0 unspecified atom stereocenters. The van der Waals surface area contributed by atoms with Crippen LogP contribution in [0.4, 0.5) is 0 Å². The maximum Gasteiger partial charge on any atom is 0.268 e. The van der Waals surface area contributed by atoms with Crippen LogP contribution in [0.25, 0.3) is 21.7 Å². The van der Waals surface area contributed by atoms with Gasteiger partial charge in [-0.1, -0.05) is 56.3 Å². The van der Waals surface area contributed by atoms with Gasteiger partial charge in [0.15, 0.2) is 0 Å². The van der Waals surface area contributed by atoms with Crippen LogP contribution >= 0.6 is 0 Å². The van der Waals surface area contributed by atoms with E-state index in [1.165, 1.54) is 3.97 Å². The summed E-state index contributed by atoms with van der Waals surface area (Å²) in [6.45, 7) is 5.22. The van der Waals surface area contributed by atoms with E-state index in [9.17, 15) is 8.42 Å². The number of nitrogens with zero attached hydrogens (tertiary/aromatic N) is 1. The van der Waals surface area contributed by atoms with Crippen molar-refractivity contribution in [2.75, 3.05) is 20.2 Å². The van der Waals surface area contributed by atoms with E-state index in [0.29, 0.717) is 34.7 Å². The normalized spacial score (nSPS) is 11.3. The zero-order valence-corrected chi connectivity index (χ0v) is 17.7. The maximum atomic E-state index is 13.4. The lowest BCUT2D eigenvalue weighted by molar-refractivity contribution is 0.322. The molecule has 0 fully saturated rings. The molecule has 5 nitrogen and oxygen atoms in total. The second-order valence-corrected chi connectivity index (χ2v) is 8.02. The largest absolute Gasteiger partial charge is 0.492 e. The van der Waals surface area contributed by atoms with Crippen molar-refractivity contribution in [1.29, 1.82) is 0 Å². The molecule has 0 saturated heterocycles. The zero-order chi connectivity index (χ0) is 20.9. The van der Waals surface area contributed by atoms with Crippen molar-refractivity contribution in [2.45, 2.75) is 18.7 Å². The lowest BCUT2D eigenvalue weighted by Gasteiger charge is -2.11. The van der Waals surface area contributed by atoms with Gasteiger partial charge in [0.1, 0.15) is 12.4 Å². The van der Waals surface area contributed by atoms with Gasteiger partial charge in [-0.25, -0.2) is 12.4 Å². The van der Waals surface area contributed by atoms with Crippen LogP contribution in [-0.4, -0.2) is 32.6 Å². The molecule has 0 aliphatic carbocycles. The molecule has 0 spiro atoms. The van der Waals surface area contributed by atoms with Gasteiger partial charge in [-0.05, 0) is 36.7 Å². The summed E-state index contributed by atoms with van der Waals surface area (Å²) in [4.78, 5) is 0.291. The minimum Gasteiger partial charge on any atom is -0.492 e. The Balaban J connectivity index is 0.00000117. The molecule has 0 atom stereocenters. The van der Waals surface area contributed by atoms with Gasteiger partial charge in [-0.3, -0.25) is 0 Å². The van der Waals surface area contributed by atoms with Crippen LogP contribution in [0.15, 0.2) is 77.8 Å². The van der Waals surface area contributed by atoms with Crippen molar-refractivity contribution in [3.05, 3.63) is 72.9 Å². The molecule has 0 bridgehead atoms. The molecule has 29 heavy (non-hydrogen) atoms. The first-order chi connectivity index (χ1) is 14.1. The molecule has 1 aromatic heterocycles. The molecule has 0 aliphatic heterocycles. The highest BCUT2D eigenvalue weighted by molar-refractivity contribution is 7.90.